The summed E-state index contributed by atoms with van der Waals surface area (Å²) in [5.41, 5.74) is 2.02. The molecule has 0 aliphatic rings. The van der Waals surface area contributed by atoms with Gasteiger partial charge in [-0.2, -0.15) is 0 Å². The Kier molecular flexibility index (Phi) is 3.90. The zero-order valence-electron chi connectivity index (χ0n) is 10.6. The van der Waals surface area contributed by atoms with Gasteiger partial charge in [0.2, 0.25) is 0 Å². The van der Waals surface area contributed by atoms with Crippen molar-refractivity contribution in [3.8, 4) is 0 Å². The Morgan fingerprint density at radius 2 is 1.89 bits per heavy atom. The molecule has 0 aromatic heterocycles. The van der Waals surface area contributed by atoms with Crippen LogP contribution in [0.4, 0.5) is 4.39 Å². The Labute approximate surface area is 115 Å². The van der Waals surface area contributed by atoms with E-state index in [0.29, 0.717) is 4.90 Å². The normalized spacial score (nSPS) is 10.5. The smallest absolute Gasteiger partial charge is 0.339 e. The third-order valence-electron chi connectivity index (χ3n) is 2.90. The molecule has 1 N–H and O–H groups in total. The number of carbonyl (C=O) groups is 1. The lowest BCUT2D eigenvalue weighted by atomic mass is 10.1. The van der Waals surface area contributed by atoms with Gasteiger partial charge in [-0.3, -0.25) is 0 Å². The summed E-state index contributed by atoms with van der Waals surface area (Å²) in [6, 6.07) is 10.1. The first-order chi connectivity index (χ1) is 8.99. The Balaban J connectivity index is 2.40. The van der Waals surface area contributed by atoms with E-state index in [1.165, 1.54) is 23.4 Å². The second-order valence-corrected chi connectivity index (χ2v) is 5.38. The summed E-state index contributed by atoms with van der Waals surface area (Å²) in [5.74, 6) is -1.95. The first-order valence-corrected chi connectivity index (χ1v) is 6.57. The molecule has 19 heavy (non-hydrogen) atoms. The molecule has 0 saturated carbocycles. The van der Waals surface area contributed by atoms with Gasteiger partial charge in [0, 0.05) is 9.79 Å². The molecule has 2 aromatic rings. The molecule has 0 spiro atoms. The van der Waals surface area contributed by atoms with Gasteiger partial charge in [0.25, 0.3) is 0 Å². The van der Waals surface area contributed by atoms with Crippen molar-refractivity contribution in [1.29, 1.82) is 0 Å². The van der Waals surface area contributed by atoms with Gasteiger partial charge in [-0.1, -0.05) is 23.9 Å². The van der Waals surface area contributed by atoms with Crippen molar-refractivity contribution in [2.24, 2.45) is 0 Å². The highest BCUT2D eigenvalue weighted by Gasteiger charge is 2.16. The third kappa shape index (κ3) is 2.96. The number of benzene rings is 2. The first kappa shape index (κ1) is 13.6. The molecule has 0 radical (unpaired) electrons. The summed E-state index contributed by atoms with van der Waals surface area (Å²) < 4.78 is 13.6. The Morgan fingerprint density at radius 3 is 2.53 bits per heavy atom. The number of halogens is 1. The van der Waals surface area contributed by atoms with Gasteiger partial charge in [-0.05, 0) is 49.2 Å². The van der Waals surface area contributed by atoms with Crippen molar-refractivity contribution in [2.75, 3.05) is 0 Å². The molecule has 0 amide bonds. The molecular formula is C15H13FO2S. The topological polar surface area (TPSA) is 37.3 Å². The number of aryl methyl sites for hydroxylation is 2. The highest BCUT2D eigenvalue weighted by Crippen LogP contribution is 2.32. The maximum Gasteiger partial charge on any atom is 0.339 e. The maximum atomic E-state index is 13.6. The van der Waals surface area contributed by atoms with Crippen LogP contribution in [0.5, 0.6) is 0 Å². The number of aromatic carboxylic acids is 1. The largest absolute Gasteiger partial charge is 0.478 e. The van der Waals surface area contributed by atoms with Crippen LogP contribution < -0.4 is 0 Å². The van der Waals surface area contributed by atoms with Crippen LogP contribution in [0.3, 0.4) is 0 Å². The number of hydrogen-bond acceptors (Lipinski definition) is 2. The lowest BCUT2D eigenvalue weighted by Gasteiger charge is -2.08. The molecule has 2 aromatic carbocycles. The van der Waals surface area contributed by atoms with Gasteiger partial charge in [0.1, 0.15) is 11.4 Å². The van der Waals surface area contributed by atoms with E-state index < -0.39 is 11.8 Å². The van der Waals surface area contributed by atoms with Crippen LogP contribution in [-0.4, -0.2) is 11.1 Å². The predicted octanol–water partition coefficient (Wildman–Crippen LogP) is 4.29. The molecule has 4 heteroatoms. The van der Waals surface area contributed by atoms with Crippen LogP contribution in [0.2, 0.25) is 0 Å². The number of rotatable bonds is 3. The van der Waals surface area contributed by atoms with E-state index in [4.69, 9.17) is 5.11 Å². The monoisotopic (exact) mass is 276 g/mol. The molecular weight excluding hydrogens is 263 g/mol. The Morgan fingerprint density at radius 1 is 1.16 bits per heavy atom. The second kappa shape index (κ2) is 5.45. The van der Waals surface area contributed by atoms with E-state index in [1.807, 2.05) is 32.0 Å². The molecule has 0 aliphatic heterocycles. The molecule has 0 aliphatic carbocycles. The fraction of sp³-hybridized carbons (Fsp3) is 0.133. The van der Waals surface area contributed by atoms with Crippen LogP contribution >= 0.6 is 11.8 Å². The lowest BCUT2D eigenvalue weighted by molar-refractivity contribution is 0.0688. The molecule has 98 valence electrons. The van der Waals surface area contributed by atoms with E-state index in [-0.39, 0.29) is 5.56 Å². The van der Waals surface area contributed by atoms with Crippen molar-refractivity contribution in [3.05, 3.63) is 58.9 Å². The van der Waals surface area contributed by atoms with Crippen LogP contribution in [0.25, 0.3) is 0 Å². The number of carboxylic acid groups (broad SMARTS) is 1. The minimum Gasteiger partial charge on any atom is -0.478 e. The molecule has 2 rings (SSSR count). The summed E-state index contributed by atoms with van der Waals surface area (Å²) in [4.78, 5) is 12.4. The van der Waals surface area contributed by atoms with Gasteiger partial charge < -0.3 is 5.11 Å². The van der Waals surface area contributed by atoms with Gasteiger partial charge in [0.15, 0.2) is 0 Å². The summed E-state index contributed by atoms with van der Waals surface area (Å²) in [5, 5.41) is 9.07. The summed E-state index contributed by atoms with van der Waals surface area (Å²) in [6.45, 7) is 4.00. The average Bonchev–Trinajstić information content (AvgIpc) is 2.33. The molecule has 0 bridgehead atoms. The van der Waals surface area contributed by atoms with Crippen LogP contribution in [0.15, 0.2) is 46.2 Å². The fourth-order valence-electron chi connectivity index (χ4n) is 1.70. The van der Waals surface area contributed by atoms with E-state index in [9.17, 15) is 9.18 Å². The van der Waals surface area contributed by atoms with Gasteiger partial charge in [-0.25, -0.2) is 9.18 Å². The SMILES string of the molecule is Cc1ccc(Sc2cccc(F)c2C(=O)O)cc1C. The van der Waals surface area contributed by atoms with E-state index in [1.54, 1.807) is 6.07 Å². The number of carboxylic acids is 1. The van der Waals surface area contributed by atoms with E-state index in [0.717, 1.165) is 16.5 Å². The molecule has 0 heterocycles. The minimum absolute atomic E-state index is 0.272. The van der Waals surface area contributed by atoms with Crippen LogP contribution in [0, 0.1) is 19.7 Å². The minimum atomic E-state index is -1.25. The van der Waals surface area contributed by atoms with Gasteiger partial charge in [0.05, 0.1) is 0 Å². The maximum absolute atomic E-state index is 13.6. The van der Waals surface area contributed by atoms with E-state index in [2.05, 4.69) is 0 Å². The standard InChI is InChI=1S/C15H13FO2S/c1-9-6-7-11(8-10(9)2)19-13-5-3-4-12(16)14(13)15(17)18/h3-8H,1-2H3,(H,17,18). The van der Waals surface area contributed by atoms with Crippen molar-refractivity contribution < 1.29 is 14.3 Å². The number of hydrogen-bond donors (Lipinski definition) is 1. The van der Waals surface area contributed by atoms with Crippen molar-refractivity contribution >= 4 is 17.7 Å². The zero-order valence-corrected chi connectivity index (χ0v) is 11.4. The quantitative estimate of drug-likeness (QED) is 0.908. The van der Waals surface area contributed by atoms with Crippen LogP contribution in [-0.2, 0) is 0 Å². The molecule has 0 atom stereocenters. The van der Waals surface area contributed by atoms with Gasteiger partial charge >= 0.3 is 5.97 Å². The lowest BCUT2D eigenvalue weighted by Crippen LogP contribution is -2.02. The molecule has 0 fully saturated rings. The molecule has 0 unspecified atom stereocenters. The fourth-order valence-corrected chi connectivity index (χ4v) is 2.76. The Hall–Kier alpha value is -1.81. The van der Waals surface area contributed by atoms with Gasteiger partial charge in [-0.15, -0.1) is 0 Å². The van der Waals surface area contributed by atoms with Crippen molar-refractivity contribution in [3.63, 3.8) is 0 Å². The molecule has 2 nitrogen and oxygen atoms in total. The predicted molar refractivity (Wildman–Crippen MR) is 73.4 cm³/mol. The first-order valence-electron chi connectivity index (χ1n) is 5.76. The van der Waals surface area contributed by atoms with Crippen molar-refractivity contribution in [1.82, 2.24) is 0 Å². The summed E-state index contributed by atoms with van der Waals surface area (Å²) >= 11 is 1.26. The second-order valence-electron chi connectivity index (χ2n) is 4.27. The zero-order chi connectivity index (χ0) is 14.0. The molecule has 0 saturated heterocycles. The Bertz CT molecular complexity index is 638. The third-order valence-corrected chi connectivity index (χ3v) is 3.95. The summed E-state index contributed by atoms with van der Waals surface area (Å²) in [6.07, 6.45) is 0. The highest BCUT2D eigenvalue weighted by molar-refractivity contribution is 7.99. The van der Waals surface area contributed by atoms with Crippen molar-refractivity contribution in [2.45, 2.75) is 23.6 Å². The average molecular weight is 276 g/mol. The highest BCUT2D eigenvalue weighted by atomic mass is 32.2. The van der Waals surface area contributed by atoms with E-state index >= 15 is 0 Å². The van der Waals surface area contributed by atoms with Crippen LogP contribution in [0.1, 0.15) is 21.5 Å². The summed E-state index contributed by atoms with van der Waals surface area (Å²) in [7, 11) is 0.